The minimum Gasteiger partial charge on any atom is -0.335 e. The Morgan fingerprint density at radius 3 is 2.74 bits per heavy atom. The lowest BCUT2D eigenvalue weighted by Gasteiger charge is -2.39. The van der Waals surface area contributed by atoms with E-state index in [2.05, 4.69) is 18.1 Å². The highest BCUT2D eigenvalue weighted by molar-refractivity contribution is 5.98. The van der Waals surface area contributed by atoms with E-state index in [0.717, 1.165) is 24.2 Å². The maximum atomic E-state index is 13.0. The fourth-order valence-electron chi connectivity index (χ4n) is 3.62. The van der Waals surface area contributed by atoms with Crippen LogP contribution in [0.4, 0.5) is 0 Å². The highest BCUT2D eigenvalue weighted by Gasteiger charge is 2.35. The molecule has 1 aromatic carbocycles. The molecule has 1 atom stereocenters. The molecule has 144 valence electrons. The van der Waals surface area contributed by atoms with Gasteiger partial charge in [0.25, 0.3) is 5.91 Å². The number of carbonyl (C=O) groups excluding carboxylic acids is 2. The Morgan fingerprint density at radius 2 is 2.04 bits per heavy atom. The van der Waals surface area contributed by atoms with Gasteiger partial charge in [0, 0.05) is 32.4 Å². The standard InChI is InChI=1S/C21H28N4O2/c1-5-9-24-14-19(16(3)22-24)21(27)25-11-10-23(20(26)17(25)4)13-18-8-6-7-15(2)12-18/h6-8,12,14,17H,5,9-11,13H2,1-4H3/t17-/m0/s1. The normalized spacial score (nSPS) is 17.5. The summed E-state index contributed by atoms with van der Waals surface area (Å²) in [6.07, 6.45) is 2.76. The van der Waals surface area contributed by atoms with Gasteiger partial charge in [0.15, 0.2) is 0 Å². The predicted octanol–water partition coefficient (Wildman–Crippen LogP) is 2.78. The average Bonchev–Trinajstić information content (AvgIpc) is 2.99. The van der Waals surface area contributed by atoms with Crippen LogP contribution in [-0.4, -0.2) is 50.5 Å². The average molecular weight is 368 g/mol. The van der Waals surface area contributed by atoms with Gasteiger partial charge in [-0.2, -0.15) is 5.10 Å². The molecular weight excluding hydrogens is 340 g/mol. The monoisotopic (exact) mass is 368 g/mol. The minimum atomic E-state index is -0.468. The Balaban J connectivity index is 1.71. The minimum absolute atomic E-state index is 0.00490. The van der Waals surface area contributed by atoms with Crippen LogP contribution in [0.15, 0.2) is 30.5 Å². The van der Waals surface area contributed by atoms with Gasteiger partial charge >= 0.3 is 0 Å². The van der Waals surface area contributed by atoms with Gasteiger partial charge in [-0.15, -0.1) is 0 Å². The van der Waals surface area contributed by atoms with Gasteiger partial charge in [-0.1, -0.05) is 36.8 Å². The first-order valence-corrected chi connectivity index (χ1v) is 9.60. The number of nitrogens with zero attached hydrogens (tertiary/aromatic N) is 4. The van der Waals surface area contributed by atoms with Gasteiger partial charge in [-0.25, -0.2) is 0 Å². The summed E-state index contributed by atoms with van der Waals surface area (Å²) in [7, 11) is 0. The van der Waals surface area contributed by atoms with E-state index < -0.39 is 6.04 Å². The molecule has 0 aliphatic carbocycles. The van der Waals surface area contributed by atoms with Gasteiger partial charge in [0.05, 0.1) is 11.3 Å². The van der Waals surface area contributed by atoms with Crippen molar-refractivity contribution in [3.8, 4) is 0 Å². The van der Waals surface area contributed by atoms with Crippen LogP contribution >= 0.6 is 0 Å². The van der Waals surface area contributed by atoms with E-state index >= 15 is 0 Å². The summed E-state index contributed by atoms with van der Waals surface area (Å²) >= 11 is 0. The molecule has 0 radical (unpaired) electrons. The molecule has 0 unspecified atom stereocenters. The Morgan fingerprint density at radius 1 is 1.26 bits per heavy atom. The molecule has 0 spiro atoms. The first-order valence-electron chi connectivity index (χ1n) is 9.60. The molecule has 3 rings (SSSR count). The zero-order valence-electron chi connectivity index (χ0n) is 16.6. The number of hydrogen-bond acceptors (Lipinski definition) is 3. The van der Waals surface area contributed by atoms with Crippen LogP contribution in [0.3, 0.4) is 0 Å². The molecule has 1 fully saturated rings. The SMILES string of the molecule is CCCn1cc(C(=O)N2CCN(Cc3cccc(C)c3)C(=O)[C@@H]2C)c(C)n1. The Hall–Kier alpha value is -2.63. The third-order valence-electron chi connectivity index (χ3n) is 5.09. The Kier molecular flexibility index (Phi) is 5.63. The zero-order valence-corrected chi connectivity index (χ0v) is 16.6. The van der Waals surface area contributed by atoms with Crippen LogP contribution in [-0.2, 0) is 17.9 Å². The van der Waals surface area contributed by atoms with Gasteiger partial charge in [-0.05, 0) is 32.8 Å². The summed E-state index contributed by atoms with van der Waals surface area (Å²) in [6, 6.07) is 7.72. The molecule has 0 saturated carbocycles. The first-order chi connectivity index (χ1) is 12.9. The van der Waals surface area contributed by atoms with Crippen molar-refractivity contribution in [2.24, 2.45) is 0 Å². The topological polar surface area (TPSA) is 58.4 Å². The Bertz CT molecular complexity index is 842. The fourth-order valence-corrected chi connectivity index (χ4v) is 3.62. The van der Waals surface area contributed by atoms with Crippen LogP contribution in [0, 0.1) is 13.8 Å². The van der Waals surface area contributed by atoms with E-state index in [4.69, 9.17) is 0 Å². The lowest BCUT2D eigenvalue weighted by molar-refractivity contribution is -0.140. The highest BCUT2D eigenvalue weighted by Crippen LogP contribution is 2.19. The zero-order chi connectivity index (χ0) is 19.6. The van der Waals surface area contributed by atoms with Gasteiger partial charge in [0.1, 0.15) is 6.04 Å². The number of rotatable bonds is 5. The lowest BCUT2D eigenvalue weighted by atomic mass is 10.1. The van der Waals surface area contributed by atoms with Gasteiger partial charge in [0.2, 0.25) is 5.91 Å². The largest absolute Gasteiger partial charge is 0.335 e. The van der Waals surface area contributed by atoms with Gasteiger partial charge < -0.3 is 9.80 Å². The summed E-state index contributed by atoms with van der Waals surface area (Å²) in [4.78, 5) is 29.4. The van der Waals surface area contributed by atoms with Crippen molar-refractivity contribution >= 4 is 11.8 Å². The molecular formula is C21H28N4O2. The second kappa shape index (κ2) is 7.94. The second-order valence-electron chi connectivity index (χ2n) is 7.31. The molecule has 1 aliphatic heterocycles. The number of carbonyl (C=O) groups is 2. The van der Waals surface area contributed by atoms with E-state index in [0.29, 0.717) is 25.2 Å². The molecule has 2 amide bonds. The number of aryl methyl sites for hydroxylation is 3. The first kappa shape index (κ1) is 19.1. The smallest absolute Gasteiger partial charge is 0.258 e. The third-order valence-corrected chi connectivity index (χ3v) is 5.09. The van der Waals surface area contributed by atoms with E-state index in [1.165, 1.54) is 5.56 Å². The lowest BCUT2D eigenvalue weighted by Crippen LogP contribution is -2.57. The molecule has 2 aromatic rings. The quantitative estimate of drug-likeness (QED) is 0.815. The number of hydrogen-bond donors (Lipinski definition) is 0. The highest BCUT2D eigenvalue weighted by atomic mass is 16.2. The molecule has 6 nitrogen and oxygen atoms in total. The number of aromatic nitrogens is 2. The molecule has 0 N–H and O–H groups in total. The van der Waals surface area contributed by atoms with Crippen molar-refractivity contribution in [3.63, 3.8) is 0 Å². The molecule has 1 aliphatic rings. The summed E-state index contributed by atoms with van der Waals surface area (Å²) in [6.45, 7) is 10.2. The van der Waals surface area contributed by atoms with Crippen molar-refractivity contribution < 1.29 is 9.59 Å². The third kappa shape index (κ3) is 4.04. The number of benzene rings is 1. The van der Waals surface area contributed by atoms with Crippen LogP contribution in [0.2, 0.25) is 0 Å². The van der Waals surface area contributed by atoms with Crippen molar-refractivity contribution in [2.45, 2.75) is 53.2 Å². The van der Waals surface area contributed by atoms with E-state index in [-0.39, 0.29) is 11.8 Å². The molecule has 2 heterocycles. The fraction of sp³-hybridized carbons (Fsp3) is 0.476. The summed E-state index contributed by atoms with van der Waals surface area (Å²) in [5, 5.41) is 4.41. The van der Waals surface area contributed by atoms with Crippen LogP contribution in [0.5, 0.6) is 0 Å². The molecule has 6 heteroatoms. The van der Waals surface area contributed by atoms with Crippen molar-refractivity contribution in [2.75, 3.05) is 13.1 Å². The summed E-state index contributed by atoms with van der Waals surface area (Å²) in [5.41, 5.74) is 3.61. The van der Waals surface area contributed by atoms with E-state index in [1.54, 1.807) is 11.1 Å². The van der Waals surface area contributed by atoms with Crippen molar-refractivity contribution in [3.05, 3.63) is 52.8 Å². The second-order valence-corrected chi connectivity index (χ2v) is 7.31. The molecule has 0 bridgehead atoms. The van der Waals surface area contributed by atoms with Crippen molar-refractivity contribution in [1.82, 2.24) is 19.6 Å². The van der Waals surface area contributed by atoms with E-state index in [1.807, 2.05) is 48.6 Å². The number of piperazine rings is 1. The molecule has 27 heavy (non-hydrogen) atoms. The van der Waals surface area contributed by atoms with Crippen LogP contribution in [0.25, 0.3) is 0 Å². The predicted molar refractivity (Wildman–Crippen MR) is 104 cm³/mol. The Labute approximate surface area is 160 Å². The molecule has 1 aromatic heterocycles. The summed E-state index contributed by atoms with van der Waals surface area (Å²) in [5.74, 6) is -0.111. The molecule has 1 saturated heterocycles. The van der Waals surface area contributed by atoms with Gasteiger partial charge in [-0.3, -0.25) is 14.3 Å². The van der Waals surface area contributed by atoms with Crippen molar-refractivity contribution in [1.29, 1.82) is 0 Å². The maximum Gasteiger partial charge on any atom is 0.258 e. The maximum absolute atomic E-state index is 13.0. The number of amides is 2. The summed E-state index contributed by atoms with van der Waals surface area (Å²) < 4.78 is 1.81. The van der Waals surface area contributed by atoms with Crippen LogP contribution < -0.4 is 0 Å². The van der Waals surface area contributed by atoms with E-state index in [9.17, 15) is 9.59 Å². The van der Waals surface area contributed by atoms with Crippen LogP contribution in [0.1, 0.15) is 47.4 Å².